The molecule has 1 saturated heterocycles. The molecule has 1 fully saturated rings. The van der Waals surface area contributed by atoms with E-state index in [0.29, 0.717) is 13.2 Å². The summed E-state index contributed by atoms with van der Waals surface area (Å²) in [6.07, 6.45) is 2.15. The predicted octanol–water partition coefficient (Wildman–Crippen LogP) is 0.966. The molecule has 0 aromatic heterocycles. The molecule has 0 aromatic rings. The first kappa shape index (κ1) is 18.6. The molecule has 1 amide bonds. The van der Waals surface area contributed by atoms with Crippen LogP contribution in [0.5, 0.6) is 0 Å². The minimum absolute atomic E-state index is 0. The molecule has 0 atom stereocenters. The number of halogens is 1. The van der Waals surface area contributed by atoms with Crippen LogP contribution in [0.3, 0.4) is 0 Å². The molecule has 5 nitrogen and oxygen atoms in total. The van der Waals surface area contributed by atoms with E-state index in [1.165, 1.54) is 0 Å². The molecule has 0 spiro atoms. The maximum atomic E-state index is 11.6. The normalized spacial score (nSPS) is 17.9. The van der Waals surface area contributed by atoms with Crippen LogP contribution < -0.4 is 10.6 Å². The summed E-state index contributed by atoms with van der Waals surface area (Å²) in [7, 11) is 1.72. The highest BCUT2D eigenvalue weighted by atomic mass is 35.5. The molecule has 6 heteroatoms. The minimum Gasteiger partial charge on any atom is -0.384 e. The minimum atomic E-state index is -0.0438. The second kappa shape index (κ2) is 9.53. The smallest absolute Gasteiger partial charge is 0.246 e. The van der Waals surface area contributed by atoms with Crippen LogP contribution in [0.2, 0.25) is 0 Å². The van der Waals surface area contributed by atoms with E-state index in [1.54, 1.807) is 7.11 Å². The topological polar surface area (TPSA) is 59.6 Å². The van der Waals surface area contributed by atoms with E-state index in [-0.39, 0.29) is 36.4 Å². The molecular weight excluding hydrogens is 268 g/mol. The molecule has 1 rings (SSSR count). The Kier molecular flexibility index (Phi) is 9.35. The van der Waals surface area contributed by atoms with Gasteiger partial charge in [-0.3, -0.25) is 4.79 Å². The number of rotatable bonds is 7. The lowest BCUT2D eigenvalue weighted by Gasteiger charge is -2.37. The number of piperidine rings is 1. The van der Waals surface area contributed by atoms with Crippen molar-refractivity contribution in [2.75, 3.05) is 40.0 Å². The highest BCUT2D eigenvalue weighted by Crippen LogP contribution is 2.28. The lowest BCUT2D eigenvalue weighted by Crippen LogP contribution is -2.47. The van der Waals surface area contributed by atoms with Crippen molar-refractivity contribution in [2.24, 2.45) is 5.41 Å². The number of amides is 1. The molecule has 0 unspecified atom stereocenters. The van der Waals surface area contributed by atoms with Crippen LogP contribution in [0.15, 0.2) is 0 Å². The summed E-state index contributed by atoms with van der Waals surface area (Å²) in [6, 6.07) is 0. The maximum Gasteiger partial charge on any atom is 0.246 e. The van der Waals surface area contributed by atoms with Crippen LogP contribution in [0.25, 0.3) is 0 Å². The van der Waals surface area contributed by atoms with E-state index in [9.17, 15) is 4.79 Å². The van der Waals surface area contributed by atoms with Gasteiger partial charge < -0.3 is 20.1 Å². The van der Waals surface area contributed by atoms with Gasteiger partial charge >= 0.3 is 0 Å². The summed E-state index contributed by atoms with van der Waals surface area (Å²) in [6.45, 7) is 7.32. The van der Waals surface area contributed by atoms with Crippen molar-refractivity contribution in [2.45, 2.75) is 32.8 Å². The van der Waals surface area contributed by atoms with Gasteiger partial charge in [-0.25, -0.2) is 0 Å². The number of methoxy groups -OCH3 is 1. The van der Waals surface area contributed by atoms with E-state index in [4.69, 9.17) is 9.47 Å². The van der Waals surface area contributed by atoms with Crippen LogP contribution in [0.4, 0.5) is 0 Å². The molecule has 1 aliphatic heterocycles. The van der Waals surface area contributed by atoms with Crippen molar-refractivity contribution in [3.05, 3.63) is 0 Å². The second-order valence-electron chi connectivity index (χ2n) is 5.32. The van der Waals surface area contributed by atoms with Crippen LogP contribution in [-0.4, -0.2) is 52.0 Å². The van der Waals surface area contributed by atoms with Crippen molar-refractivity contribution in [1.82, 2.24) is 10.6 Å². The molecule has 0 aromatic carbocycles. The largest absolute Gasteiger partial charge is 0.384 e. The molecule has 19 heavy (non-hydrogen) atoms. The fraction of sp³-hybridized carbons (Fsp3) is 0.923. The van der Waals surface area contributed by atoms with Crippen molar-refractivity contribution < 1.29 is 14.3 Å². The highest BCUT2D eigenvalue weighted by molar-refractivity contribution is 5.85. The number of ether oxygens (including phenoxy) is 2. The van der Waals surface area contributed by atoms with Gasteiger partial charge in [0.1, 0.15) is 6.61 Å². The first-order chi connectivity index (χ1) is 8.58. The Morgan fingerprint density at radius 3 is 2.53 bits per heavy atom. The van der Waals surface area contributed by atoms with Crippen LogP contribution in [0.1, 0.15) is 26.7 Å². The first-order valence-corrected chi connectivity index (χ1v) is 6.66. The Labute approximate surface area is 122 Å². The molecule has 1 heterocycles. The van der Waals surface area contributed by atoms with Gasteiger partial charge in [-0.2, -0.15) is 0 Å². The van der Waals surface area contributed by atoms with Gasteiger partial charge in [-0.15, -0.1) is 12.4 Å². The van der Waals surface area contributed by atoms with E-state index < -0.39 is 0 Å². The van der Waals surface area contributed by atoms with Crippen LogP contribution in [0, 0.1) is 5.41 Å². The lowest BCUT2D eigenvalue weighted by molar-refractivity contribution is -0.128. The molecule has 1 aliphatic rings. The summed E-state index contributed by atoms with van der Waals surface area (Å²) in [5.41, 5.74) is 0.0769. The van der Waals surface area contributed by atoms with Gasteiger partial charge in [-0.05, 0) is 39.8 Å². The number of carbonyl (C=O) groups excluding carboxylic acids is 1. The SMILES string of the molecule is COCC1(CNC(=O)COC(C)C)CCNCC1.Cl. The van der Waals surface area contributed by atoms with E-state index in [0.717, 1.165) is 25.9 Å². The zero-order valence-corrected chi connectivity index (χ0v) is 13.0. The maximum absolute atomic E-state index is 11.6. The monoisotopic (exact) mass is 294 g/mol. The van der Waals surface area contributed by atoms with Gasteiger partial charge in [0.2, 0.25) is 5.91 Å². The summed E-state index contributed by atoms with van der Waals surface area (Å²) in [4.78, 5) is 11.6. The summed E-state index contributed by atoms with van der Waals surface area (Å²) in [5.74, 6) is -0.0438. The molecule has 2 N–H and O–H groups in total. The molecule has 0 aliphatic carbocycles. The van der Waals surface area contributed by atoms with Crippen LogP contribution >= 0.6 is 12.4 Å². The summed E-state index contributed by atoms with van der Waals surface area (Å²) >= 11 is 0. The molecular formula is C13H27ClN2O3. The number of nitrogens with one attached hydrogen (secondary N) is 2. The van der Waals surface area contributed by atoms with Gasteiger partial charge in [0.15, 0.2) is 0 Å². The molecule has 0 radical (unpaired) electrons. The Hall–Kier alpha value is -0.360. The number of carbonyl (C=O) groups is 1. The number of hydrogen-bond acceptors (Lipinski definition) is 4. The average molecular weight is 295 g/mol. The van der Waals surface area contributed by atoms with Gasteiger partial charge in [0, 0.05) is 19.1 Å². The Balaban J connectivity index is 0.00000324. The third-order valence-electron chi connectivity index (χ3n) is 3.32. The van der Waals surface area contributed by atoms with Gasteiger partial charge in [-0.1, -0.05) is 0 Å². The summed E-state index contributed by atoms with van der Waals surface area (Å²) < 4.78 is 10.6. The third-order valence-corrected chi connectivity index (χ3v) is 3.32. The van der Waals surface area contributed by atoms with Crippen molar-refractivity contribution >= 4 is 18.3 Å². The number of hydrogen-bond donors (Lipinski definition) is 2. The average Bonchev–Trinajstić information content (AvgIpc) is 2.35. The van der Waals surface area contributed by atoms with Gasteiger partial charge in [0.05, 0.1) is 12.7 Å². The van der Waals surface area contributed by atoms with E-state index in [2.05, 4.69) is 10.6 Å². The fourth-order valence-corrected chi connectivity index (χ4v) is 2.21. The van der Waals surface area contributed by atoms with E-state index in [1.807, 2.05) is 13.8 Å². The fourth-order valence-electron chi connectivity index (χ4n) is 2.21. The molecule has 0 saturated carbocycles. The highest BCUT2D eigenvalue weighted by Gasteiger charge is 2.32. The van der Waals surface area contributed by atoms with Gasteiger partial charge in [0.25, 0.3) is 0 Å². The van der Waals surface area contributed by atoms with Crippen molar-refractivity contribution in [3.8, 4) is 0 Å². The Bertz CT molecular complexity index is 251. The van der Waals surface area contributed by atoms with Crippen molar-refractivity contribution in [1.29, 1.82) is 0 Å². The quantitative estimate of drug-likeness (QED) is 0.734. The molecule has 114 valence electrons. The first-order valence-electron chi connectivity index (χ1n) is 6.66. The lowest BCUT2D eigenvalue weighted by atomic mass is 9.79. The zero-order chi connectivity index (χ0) is 13.4. The standard InChI is InChI=1S/C13H26N2O3.ClH/c1-11(2)18-8-12(16)15-9-13(10-17-3)4-6-14-7-5-13;/h11,14H,4-10H2,1-3H3,(H,15,16);1H. The third kappa shape index (κ3) is 7.11. The predicted molar refractivity (Wildman–Crippen MR) is 77.8 cm³/mol. The second-order valence-corrected chi connectivity index (χ2v) is 5.32. The Morgan fingerprint density at radius 1 is 1.37 bits per heavy atom. The van der Waals surface area contributed by atoms with Crippen LogP contribution in [-0.2, 0) is 14.3 Å². The summed E-state index contributed by atoms with van der Waals surface area (Å²) in [5, 5.41) is 6.29. The Morgan fingerprint density at radius 2 is 2.00 bits per heavy atom. The molecule has 0 bridgehead atoms. The van der Waals surface area contributed by atoms with Crippen molar-refractivity contribution in [3.63, 3.8) is 0 Å². The zero-order valence-electron chi connectivity index (χ0n) is 12.2. The van der Waals surface area contributed by atoms with E-state index >= 15 is 0 Å².